The first kappa shape index (κ1) is 26.7. The summed E-state index contributed by atoms with van der Waals surface area (Å²) in [5.74, 6) is -1.17. The van der Waals surface area contributed by atoms with Crippen LogP contribution in [0.3, 0.4) is 0 Å². The fraction of sp³-hybridized carbons (Fsp3) is 0.0690. The molecule has 1 aliphatic rings. The van der Waals surface area contributed by atoms with Crippen LogP contribution in [0.1, 0.15) is 42.2 Å². The number of ether oxygens (including phenoxy) is 2. The summed E-state index contributed by atoms with van der Waals surface area (Å²) in [5.41, 5.74) is 1.12. The van der Waals surface area contributed by atoms with Crippen molar-refractivity contribution in [3.63, 3.8) is 0 Å². The molecule has 0 N–H and O–H groups in total. The van der Waals surface area contributed by atoms with E-state index in [4.69, 9.17) is 9.47 Å². The minimum absolute atomic E-state index is 0.0145. The molecular weight excluding hydrogens is 534 g/mol. The molecule has 2 amide bonds. The summed E-state index contributed by atoms with van der Waals surface area (Å²) in [5, 5.41) is 21.9. The van der Waals surface area contributed by atoms with Crippen molar-refractivity contribution in [3.8, 4) is 11.5 Å². The lowest BCUT2D eigenvalue weighted by atomic mass is 10.1. The maximum atomic E-state index is 13.1. The lowest BCUT2D eigenvalue weighted by Crippen LogP contribution is -2.30. The van der Waals surface area contributed by atoms with Gasteiger partial charge in [0.15, 0.2) is 0 Å². The molecule has 0 aromatic heterocycles. The number of esters is 1. The SMILES string of the molecule is Cc1cc([N+](=O)[O-])ccc1N1C(=O)c2ccc(C(=O)OCc3cccc(Oc4ccc([N+](=O)[O-])cc4)c3)cc2C1=O. The second-order valence-electron chi connectivity index (χ2n) is 9.01. The highest BCUT2D eigenvalue weighted by Gasteiger charge is 2.38. The molecule has 5 rings (SSSR count). The fourth-order valence-electron chi connectivity index (χ4n) is 4.29. The van der Waals surface area contributed by atoms with Crippen LogP contribution in [0.4, 0.5) is 17.1 Å². The topological polar surface area (TPSA) is 159 Å². The average Bonchev–Trinajstić information content (AvgIpc) is 3.21. The molecule has 12 nitrogen and oxygen atoms in total. The van der Waals surface area contributed by atoms with Crippen molar-refractivity contribution in [2.75, 3.05) is 4.90 Å². The van der Waals surface area contributed by atoms with Crippen LogP contribution in [0.2, 0.25) is 0 Å². The Morgan fingerprint density at radius 3 is 2.15 bits per heavy atom. The number of carbonyl (C=O) groups is 3. The number of amides is 2. The molecule has 204 valence electrons. The number of rotatable bonds is 8. The Morgan fingerprint density at radius 1 is 0.780 bits per heavy atom. The third kappa shape index (κ3) is 5.34. The van der Waals surface area contributed by atoms with Crippen LogP contribution >= 0.6 is 0 Å². The average molecular weight is 553 g/mol. The van der Waals surface area contributed by atoms with Crippen molar-refractivity contribution < 1.29 is 33.7 Å². The largest absolute Gasteiger partial charge is 0.457 e. The number of carbonyl (C=O) groups excluding carboxylic acids is 3. The Kier molecular flexibility index (Phi) is 6.96. The number of nitrogens with zero attached hydrogens (tertiary/aromatic N) is 3. The van der Waals surface area contributed by atoms with Gasteiger partial charge in [-0.05, 0) is 66.6 Å². The number of hydrogen-bond donors (Lipinski definition) is 0. The first-order chi connectivity index (χ1) is 19.6. The number of nitro benzene ring substituents is 2. The highest BCUT2D eigenvalue weighted by Crippen LogP contribution is 2.33. The molecular formula is C29H19N3O9. The first-order valence-corrected chi connectivity index (χ1v) is 12.1. The Morgan fingerprint density at radius 2 is 1.46 bits per heavy atom. The van der Waals surface area contributed by atoms with Crippen LogP contribution in [0, 0.1) is 27.2 Å². The van der Waals surface area contributed by atoms with E-state index < -0.39 is 27.6 Å². The fourth-order valence-corrected chi connectivity index (χ4v) is 4.29. The van der Waals surface area contributed by atoms with Crippen LogP contribution in [-0.4, -0.2) is 27.6 Å². The first-order valence-electron chi connectivity index (χ1n) is 12.1. The second kappa shape index (κ2) is 10.7. The predicted octanol–water partition coefficient (Wildman–Crippen LogP) is 5.76. The number of hydrogen-bond acceptors (Lipinski definition) is 9. The van der Waals surface area contributed by atoms with Gasteiger partial charge in [0.05, 0.1) is 32.2 Å². The minimum atomic E-state index is -0.722. The molecule has 0 saturated heterocycles. The molecule has 4 aromatic rings. The molecule has 41 heavy (non-hydrogen) atoms. The number of non-ortho nitro benzene ring substituents is 2. The van der Waals surface area contributed by atoms with Gasteiger partial charge in [0.1, 0.15) is 18.1 Å². The van der Waals surface area contributed by atoms with Gasteiger partial charge >= 0.3 is 5.97 Å². The standard InChI is InChI=1S/C29H19N3O9/c1-17-13-21(32(38)39)8-12-26(17)30-27(33)24-11-5-19(15-25(24)28(30)34)29(35)40-16-18-3-2-4-23(14-18)41-22-9-6-20(7-10-22)31(36)37/h2-15H,16H2,1H3. The lowest BCUT2D eigenvalue weighted by molar-refractivity contribution is -0.385. The molecule has 0 saturated carbocycles. The van der Waals surface area contributed by atoms with E-state index in [-0.39, 0.29) is 40.4 Å². The van der Waals surface area contributed by atoms with Gasteiger partial charge in [-0.15, -0.1) is 0 Å². The summed E-state index contributed by atoms with van der Waals surface area (Å²) in [6, 6.07) is 20.2. The summed E-state index contributed by atoms with van der Waals surface area (Å²) in [6.45, 7) is 1.44. The number of aryl methyl sites for hydroxylation is 1. The molecule has 12 heteroatoms. The number of benzene rings is 4. The molecule has 4 aromatic carbocycles. The maximum absolute atomic E-state index is 13.1. The van der Waals surface area contributed by atoms with Gasteiger partial charge in [0.2, 0.25) is 0 Å². The van der Waals surface area contributed by atoms with Gasteiger partial charge in [0, 0.05) is 24.3 Å². The summed E-state index contributed by atoms with van der Waals surface area (Å²) in [7, 11) is 0. The van der Waals surface area contributed by atoms with Gasteiger partial charge < -0.3 is 9.47 Å². The quantitative estimate of drug-likeness (QED) is 0.114. The van der Waals surface area contributed by atoms with Crippen LogP contribution in [-0.2, 0) is 11.3 Å². The molecule has 0 fully saturated rings. The van der Waals surface area contributed by atoms with Gasteiger partial charge in [-0.2, -0.15) is 0 Å². The molecule has 0 bridgehead atoms. The van der Waals surface area contributed by atoms with Crippen molar-refractivity contribution in [3.05, 3.63) is 133 Å². The highest BCUT2D eigenvalue weighted by molar-refractivity contribution is 6.35. The van der Waals surface area contributed by atoms with Crippen molar-refractivity contribution in [1.82, 2.24) is 0 Å². The zero-order valence-corrected chi connectivity index (χ0v) is 21.3. The summed E-state index contributed by atoms with van der Waals surface area (Å²) >= 11 is 0. The van der Waals surface area contributed by atoms with Crippen LogP contribution in [0.5, 0.6) is 11.5 Å². The van der Waals surface area contributed by atoms with Crippen LogP contribution in [0.15, 0.2) is 84.9 Å². The minimum Gasteiger partial charge on any atom is -0.457 e. The Labute approximate surface area is 231 Å². The van der Waals surface area contributed by atoms with Gasteiger partial charge in [0.25, 0.3) is 23.2 Å². The summed E-state index contributed by atoms with van der Waals surface area (Å²) in [4.78, 5) is 60.6. The number of anilines is 1. The van der Waals surface area contributed by atoms with Crippen molar-refractivity contribution >= 4 is 34.8 Å². The molecule has 0 spiro atoms. The van der Waals surface area contributed by atoms with Crippen molar-refractivity contribution in [2.45, 2.75) is 13.5 Å². The Hall–Kier alpha value is -5.91. The van der Waals surface area contributed by atoms with Crippen LogP contribution < -0.4 is 9.64 Å². The molecule has 0 aliphatic carbocycles. The van der Waals surface area contributed by atoms with Crippen molar-refractivity contribution in [2.24, 2.45) is 0 Å². The predicted molar refractivity (Wildman–Crippen MR) is 144 cm³/mol. The molecule has 0 atom stereocenters. The van der Waals surface area contributed by atoms with Gasteiger partial charge in [-0.1, -0.05) is 12.1 Å². The lowest BCUT2D eigenvalue weighted by Gasteiger charge is -2.16. The zero-order valence-electron chi connectivity index (χ0n) is 21.3. The van der Waals surface area contributed by atoms with E-state index in [0.29, 0.717) is 22.6 Å². The van der Waals surface area contributed by atoms with E-state index in [1.807, 2.05) is 0 Å². The van der Waals surface area contributed by atoms with Gasteiger partial charge in [-0.25, -0.2) is 9.69 Å². The van der Waals surface area contributed by atoms with E-state index >= 15 is 0 Å². The maximum Gasteiger partial charge on any atom is 0.338 e. The molecule has 1 heterocycles. The zero-order chi connectivity index (χ0) is 29.3. The van der Waals surface area contributed by atoms with E-state index in [0.717, 1.165) is 4.90 Å². The monoisotopic (exact) mass is 553 g/mol. The Bertz CT molecular complexity index is 1750. The second-order valence-corrected chi connectivity index (χ2v) is 9.01. The van der Waals surface area contributed by atoms with E-state index in [9.17, 15) is 34.6 Å². The third-order valence-electron chi connectivity index (χ3n) is 6.31. The highest BCUT2D eigenvalue weighted by atomic mass is 16.6. The summed E-state index contributed by atoms with van der Waals surface area (Å²) in [6.07, 6.45) is 0. The number of imide groups is 1. The number of nitro groups is 2. The smallest absolute Gasteiger partial charge is 0.338 e. The van der Waals surface area contributed by atoms with E-state index in [1.165, 1.54) is 60.7 Å². The molecule has 0 unspecified atom stereocenters. The third-order valence-corrected chi connectivity index (χ3v) is 6.31. The van der Waals surface area contributed by atoms with Crippen LogP contribution in [0.25, 0.3) is 0 Å². The van der Waals surface area contributed by atoms with E-state index in [1.54, 1.807) is 31.2 Å². The van der Waals surface area contributed by atoms with Gasteiger partial charge in [-0.3, -0.25) is 29.8 Å². The number of fused-ring (bicyclic) bond motifs is 1. The molecule has 0 radical (unpaired) electrons. The molecule has 1 aliphatic heterocycles. The normalized spacial score (nSPS) is 12.2. The van der Waals surface area contributed by atoms with Crippen molar-refractivity contribution in [1.29, 1.82) is 0 Å². The summed E-state index contributed by atoms with van der Waals surface area (Å²) < 4.78 is 11.1. The Balaban J connectivity index is 1.27. The van der Waals surface area contributed by atoms with E-state index in [2.05, 4.69) is 0 Å².